The van der Waals surface area contributed by atoms with Crippen LogP contribution in [-0.2, 0) is 29.1 Å². The molecule has 0 saturated carbocycles. The molecule has 0 spiro atoms. The second-order valence-corrected chi connectivity index (χ2v) is 7.78. The fraction of sp³-hybridized carbons (Fsp3) is 0.333. The van der Waals surface area contributed by atoms with Crippen LogP contribution in [0, 0.1) is 11.8 Å². The Balaban J connectivity index is 1.54. The number of hydrogen-bond donors (Lipinski definition) is 0. The number of imidazole rings is 1. The van der Waals surface area contributed by atoms with E-state index >= 15 is 0 Å². The maximum Gasteiger partial charge on any atom is 0.309 e. The van der Waals surface area contributed by atoms with Gasteiger partial charge in [0.25, 0.3) is 0 Å². The van der Waals surface area contributed by atoms with Gasteiger partial charge in [0.15, 0.2) is 0 Å². The van der Waals surface area contributed by atoms with Gasteiger partial charge in [0.05, 0.1) is 12.5 Å². The average molecular weight is 378 g/mol. The standard InChI is InChI=1S/C24H29N2O2/c1-19(2)16-25-13-14-26(18-25)23-11-9-21(10-12-23)15-20(3)24(27)28-17-22-7-5-4-6-8-22/h4-14,18-20H,15-17H2,1-3H3/q+1. The lowest BCUT2D eigenvalue weighted by molar-refractivity contribution is -0.701. The minimum Gasteiger partial charge on any atom is -0.461 e. The summed E-state index contributed by atoms with van der Waals surface area (Å²) in [6.45, 7) is 7.68. The third kappa shape index (κ3) is 5.56. The van der Waals surface area contributed by atoms with Crippen LogP contribution in [0.25, 0.3) is 5.69 Å². The molecule has 146 valence electrons. The number of benzene rings is 2. The molecule has 3 rings (SSSR count). The minimum atomic E-state index is -0.172. The van der Waals surface area contributed by atoms with Gasteiger partial charge >= 0.3 is 5.97 Å². The molecule has 0 saturated heterocycles. The van der Waals surface area contributed by atoms with Crippen molar-refractivity contribution in [2.24, 2.45) is 11.8 Å². The molecule has 0 aliphatic heterocycles. The molecule has 0 radical (unpaired) electrons. The summed E-state index contributed by atoms with van der Waals surface area (Å²) in [6, 6.07) is 18.1. The molecule has 1 aromatic heterocycles. The first kappa shape index (κ1) is 19.9. The van der Waals surface area contributed by atoms with Crippen LogP contribution in [-0.4, -0.2) is 10.5 Å². The summed E-state index contributed by atoms with van der Waals surface area (Å²) in [7, 11) is 0. The molecule has 1 heterocycles. The number of aromatic nitrogens is 2. The van der Waals surface area contributed by atoms with Crippen LogP contribution in [0.5, 0.6) is 0 Å². The Morgan fingerprint density at radius 1 is 1.00 bits per heavy atom. The van der Waals surface area contributed by atoms with E-state index < -0.39 is 0 Å². The second-order valence-electron chi connectivity index (χ2n) is 7.78. The summed E-state index contributed by atoms with van der Waals surface area (Å²) in [5.41, 5.74) is 3.26. The summed E-state index contributed by atoms with van der Waals surface area (Å²) in [6.07, 6.45) is 6.95. The first-order chi connectivity index (χ1) is 13.5. The zero-order valence-electron chi connectivity index (χ0n) is 16.9. The van der Waals surface area contributed by atoms with Crippen LogP contribution in [0.4, 0.5) is 0 Å². The van der Waals surface area contributed by atoms with Gasteiger partial charge < -0.3 is 4.74 Å². The normalized spacial score (nSPS) is 12.1. The molecule has 2 aromatic carbocycles. The molecule has 0 fully saturated rings. The Labute approximate surface area is 167 Å². The number of hydrogen-bond acceptors (Lipinski definition) is 2. The van der Waals surface area contributed by atoms with E-state index in [1.165, 1.54) is 0 Å². The van der Waals surface area contributed by atoms with Crippen molar-refractivity contribution in [2.75, 3.05) is 0 Å². The summed E-state index contributed by atoms with van der Waals surface area (Å²) >= 11 is 0. The van der Waals surface area contributed by atoms with Gasteiger partial charge in [0.2, 0.25) is 6.33 Å². The molecule has 0 aliphatic rings. The molecular formula is C24H29N2O2+. The molecule has 4 nitrogen and oxygen atoms in total. The van der Waals surface area contributed by atoms with Crippen molar-refractivity contribution >= 4 is 5.97 Å². The largest absolute Gasteiger partial charge is 0.461 e. The predicted octanol–water partition coefficient (Wildman–Crippen LogP) is 4.34. The van der Waals surface area contributed by atoms with Gasteiger partial charge in [-0.15, -0.1) is 0 Å². The van der Waals surface area contributed by atoms with E-state index in [0.717, 1.165) is 23.4 Å². The van der Waals surface area contributed by atoms with Crippen molar-refractivity contribution < 1.29 is 14.1 Å². The van der Waals surface area contributed by atoms with Crippen molar-refractivity contribution in [1.82, 2.24) is 4.57 Å². The molecule has 4 heteroatoms. The van der Waals surface area contributed by atoms with E-state index in [1.54, 1.807) is 0 Å². The zero-order chi connectivity index (χ0) is 19.9. The molecular weight excluding hydrogens is 348 g/mol. The van der Waals surface area contributed by atoms with Crippen LogP contribution in [0.15, 0.2) is 73.3 Å². The summed E-state index contributed by atoms with van der Waals surface area (Å²) in [5.74, 6) is 0.286. The number of carbonyl (C=O) groups excluding carboxylic acids is 1. The van der Waals surface area contributed by atoms with Gasteiger partial charge in [0, 0.05) is 0 Å². The predicted molar refractivity (Wildman–Crippen MR) is 110 cm³/mol. The molecule has 28 heavy (non-hydrogen) atoms. The lowest BCUT2D eigenvalue weighted by atomic mass is 10.0. The molecule has 1 unspecified atom stereocenters. The van der Waals surface area contributed by atoms with Gasteiger partial charge in [-0.3, -0.25) is 4.79 Å². The van der Waals surface area contributed by atoms with Crippen molar-refractivity contribution in [1.29, 1.82) is 0 Å². The highest BCUT2D eigenvalue weighted by molar-refractivity contribution is 5.72. The van der Waals surface area contributed by atoms with Gasteiger partial charge in [-0.25, -0.2) is 9.13 Å². The fourth-order valence-corrected chi connectivity index (χ4v) is 3.19. The van der Waals surface area contributed by atoms with Gasteiger partial charge in [-0.2, -0.15) is 0 Å². The average Bonchev–Trinajstić information content (AvgIpc) is 3.15. The molecule has 0 bridgehead atoms. The maximum absolute atomic E-state index is 12.3. The molecule has 0 amide bonds. The molecule has 1 atom stereocenters. The van der Waals surface area contributed by atoms with Crippen LogP contribution in [0.1, 0.15) is 31.9 Å². The van der Waals surface area contributed by atoms with E-state index in [9.17, 15) is 4.79 Å². The van der Waals surface area contributed by atoms with Crippen molar-refractivity contribution in [3.05, 3.63) is 84.4 Å². The van der Waals surface area contributed by atoms with Crippen molar-refractivity contribution in [2.45, 2.75) is 40.3 Å². The number of ether oxygens (including phenoxy) is 1. The molecule has 0 aliphatic carbocycles. The summed E-state index contributed by atoms with van der Waals surface area (Å²) in [5, 5.41) is 0. The Kier molecular flexibility index (Phi) is 6.64. The Hall–Kier alpha value is -2.88. The highest BCUT2D eigenvalue weighted by Crippen LogP contribution is 2.14. The smallest absolute Gasteiger partial charge is 0.309 e. The first-order valence-electron chi connectivity index (χ1n) is 9.88. The fourth-order valence-electron chi connectivity index (χ4n) is 3.19. The third-order valence-electron chi connectivity index (χ3n) is 4.67. The van der Waals surface area contributed by atoms with E-state index in [-0.39, 0.29) is 11.9 Å². The first-order valence-corrected chi connectivity index (χ1v) is 9.88. The number of carbonyl (C=O) groups is 1. The highest BCUT2D eigenvalue weighted by atomic mass is 16.5. The Morgan fingerprint density at radius 3 is 2.39 bits per heavy atom. The van der Waals surface area contributed by atoms with E-state index in [2.05, 4.69) is 66.0 Å². The third-order valence-corrected chi connectivity index (χ3v) is 4.67. The lowest BCUT2D eigenvalue weighted by Gasteiger charge is -2.12. The van der Waals surface area contributed by atoms with Gasteiger partial charge in [-0.1, -0.05) is 63.2 Å². The zero-order valence-corrected chi connectivity index (χ0v) is 16.9. The number of esters is 1. The van der Waals surface area contributed by atoms with Gasteiger partial charge in [0.1, 0.15) is 24.7 Å². The molecule has 0 N–H and O–H groups in total. The van der Waals surface area contributed by atoms with Crippen LogP contribution < -0.4 is 4.57 Å². The number of nitrogens with zero attached hydrogens (tertiary/aromatic N) is 2. The second kappa shape index (κ2) is 9.36. The maximum atomic E-state index is 12.3. The minimum absolute atomic E-state index is 0.159. The van der Waals surface area contributed by atoms with Crippen molar-refractivity contribution in [3.63, 3.8) is 0 Å². The summed E-state index contributed by atoms with van der Waals surface area (Å²) < 4.78 is 9.76. The van der Waals surface area contributed by atoms with E-state index in [4.69, 9.17) is 4.74 Å². The quantitative estimate of drug-likeness (QED) is 0.432. The number of rotatable bonds is 8. The SMILES string of the molecule is CC(C)C[n+]1ccn(-c2ccc(CC(C)C(=O)OCc3ccccc3)cc2)c1. The van der Waals surface area contributed by atoms with Crippen molar-refractivity contribution in [3.8, 4) is 5.69 Å². The van der Waals surface area contributed by atoms with Gasteiger partial charge in [-0.05, 0) is 35.6 Å². The highest BCUT2D eigenvalue weighted by Gasteiger charge is 2.16. The lowest BCUT2D eigenvalue weighted by Crippen LogP contribution is -2.33. The summed E-state index contributed by atoms with van der Waals surface area (Å²) in [4.78, 5) is 12.3. The van der Waals surface area contributed by atoms with E-state index in [0.29, 0.717) is 18.9 Å². The Morgan fingerprint density at radius 2 is 1.71 bits per heavy atom. The van der Waals surface area contributed by atoms with Crippen LogP contribution in [0.3, 0.4) is 0 Å². The topological polar surface area (TPSA) is 35.1 Å². The Bertz CT molecular complexity index is 882. The van der Waals surface area contributed by atoms with Crippen LogP contribution in [0.2, 0.25) is 0 Å². The van der Waals surface area contributed by atoms with E-state index in [1.807, 2.05) is 37.3 Å². The molecule has 3 aromatic rings. The van der Waals surface area contributed by atoms with Crippen LogP contribution >= 0.6 is 0 Å². The monoisotopic (exact) mass is 377 g/mol.